The third-order valence-corrected chi connectivity index (χ3v) is 3.90. The Morgan fingerprint density at radius 2 is 2.00 bits per heavy atom. The van der Waals surface area contributed by atoms with Crippen molar-refractivity contribution in [3.05, 3.63) is 47.8 Å². The van der Waals surface area contributed by atoms with Gasteiger partial charge in [-0.1, -0.05) is 19.1 Å². The zero-order valence-electron chi connectivity index (χ0n) is 11.3. The molecule has 1 atom stereocenters. The van der Waals surface area contributed by atoms with Gasteiger partial charge in [-0.2, -0.15) is 5.10 Å². The molecular formula is C14H20N4S. The lowest BCUT2D eigenvalue weighted by molar-refractivity contribution is 0.630. The molecule has 0 saturated carbocycles. The van der Waals surface area contributed by atoms with Gasteiger partial charge in [-0.25, -0.2) is 5.43 Å². The standard InChI is InChI=1S/C14H20N4S/c1-3-18-10-12(9-16-18)14(17-15)11-5-7-13(8-6-11)19-4-2/h5-10,14,17H,3-4,15H2,1-2H3. The van der Waals surface area contributed by atoms with E-state index in [4.69, 9.17) is 5.84 Å². The summed E-state index contributed by atoms with van der Waals surface area (Å²) < 4.78 is 1.90. The van der Waals surface area contributed by atoms with Crippen molar-refractivity contribution in [2.45, 2.75) is 31.3 Å². The van der Waals surface area contributed by atoms with Crippen molar-refractivity contribution < 1.29 is 0 Å². The number of thioether (sulfide) groups is 1. The van der Waals surface area contributed by atoms with Crippen LogP contribution in [-0.2, 0) is 6.54 Å². The van der Waals surface area contributed by atoms with Crippen molar-refractivity contribution in [1.29, 1.82) is 0 Å². The quantitative estimate of drug-likeness (QED) is 0.484. The molecule has 2 rings (SSSR count). The van der Waals surface area contributed by atoms with Gasteiger partial charge in [-0.15, -0.1) is 11.8 Å². The molecule has 19 heavy (non-hydrogen) atoms. The number of nitrogens with one attached hydrogen (secondary N) is 1. The number of rotatable bonds is 6. The molecular weight excluding hydrogens is 256 g/mol. The van der Waals surface area contributed by atoms with E-state index in [9.17, 15) is 0 Å². The number of hydrazine groups is 1. The number of aryl methyl sites for hydroxylation is 1. The third-order valence-electron chi connectivity index (χ3n) is 3.00. The van der Waals surface area contributed by atoms with Gasteiger partial charge in [0.15, 0.2) is 0 Å². The van der Waals surface area contributed by atoms with Gasteiger partial charge in [0.2, 0.25) is 0 Å². The van der Waals surface area contributed by atoms with Crippen LogP contribution in [0.4, 0.5) is 0 Å². The van der Waals surface area contributed by atoms with Crippen LogP contribution in [0.15, 0.2) is 41.6 Å². The van der Waals surface area contributed by atoms with Gasteiger partial charge >= 0.3 is 0 Å². The Labute approximate surface area is 118 Å². The van der Waals surface area contributed by atoms with E-state index in [0.29, 0.717) is 0 Å². The number of aromatic nitrogens is 2. The van der Waals surface area contributed by atoms with Crippen molar-refractivity contribution in [3.63, 3.8) is 0 Å². The highest BCUT2D eigenvalue weighted by Gasteiger charge is 2.14. The molecule has 1 aromatic heterocycles. The van der Waals surface area contributed by atoms with Crippen molar-refractivity contribution in [2.75, 3.05) is 5.75 Å². The zero-order valence-corrected chi connectivity index (χ0v) is 12.2. The first kappa shape index (κ1) is 14.1. The first-order valence-electron chi connectivity index (χ1n) is 6.49. The Kier molecular flexibility index (Phi) is 5.01. The fourth-order valence-electron chi connectivity index (χ4n) is 2.01. The molecule has 2 aromatic rings. The van der Waals surface area contributed by atoms with Crippen LogP contribution in [0.1, 0.15) is 31.0 Å². The summed E-state index contributed by atoms with van der Waals surface area (Å²) in [4.78, 5) is 1.28. The Morgan fingerprint density at radius 1 is 1.26 bits per heavy atom. The van der Waals surface area contributed by atoms with Gasteiger partial charge in [0, 0.05) is 23.2 Å². The van der Waals surface area contributed by atoms with Crippen molar-refractivity contribution in [3.8, 4) is 0 Å². The van der Waals surface area contributed by atoms with Crippen LogP contribution in [0, 0.1) is 0 Å². The molecule has 0 radical (unpaired) electrons. The Hall–Kier alpha value is -1.30. The average molecular weight is 276 g/mol. The summed E-state index contributed by atoms with van der Waals surface area (Å²) in [5, 5.41) is 4.29. The first-order chi connectivity index (χ1) is 9.28. The van der Waals surface area contributed by atoms with E-state index in [1.165, 1.54) is 4.90 Å². The maximum Gasteiger partial charge on any atom is 0.0740 e. The van der Waals surface area contributed by atoms with Crippen LogP contribution in [-0.4, -0.2) is 15.5 Å². The van der Waals surface area contributed by atoms with Crippen LogP contribution in [0.25, 0.3) is 0 Å². The van der Waals surface area contributed by atoms with Crippen LogP contribution in [0.5, 0.6) is 0 Å². The lowest BCUT2D eigenvalue weighted by Gasteiger charge is -2.15. The van der Waals surface area contributed by atoms with Crippen molar-refractivity contribution >= 4 is 11.8 Å². The van der Waals surface area contributed by atoms with Crippen LogP contribution in [0.2, 0.25) is 0 Å². The highest BCUT2D eigenvalue weighted by molar-refractivity contribution is 7.99. The van der Waals surface area contributed by atoms with Crippen LogP contribution < -0.4 is 11.3 Å². The average Bonchev–Trinajstić information content (AvgIpc) is 2.91. The number of hydrogen-bond donors (Lipinski definition) is 2. The maximum atomic E-state index is 5.69. The Balaban J connectivity index is 2.21. The topological polar surface area (TPSA) is 55.9 Å². The monoisotopic (exact) mass is 276 g/mol. The lowest BCUT2D eigenvalue weighted by Crippen LogP contribution is -2.28. The second kappa shape index (κ2) is 6.75. The molecule has 3 N–H and O–H groups in total. The number of nitrogens with zero attached hydrogens (tertiary/aromatic N) is 2. The van der Waals surface area contributed by atoms with Crippen molar-refractivity contribution in [1.82, 2.24) is 15.2 Å². The molecule has 0 aliphatic heterocycles. The van der Waals surface area contributed by atoms with E-state index in [-0.39, 0.29) is 6.04 Å². The van der Waals surface area contributed by atoms with Gasteiger partial charge < -0.3 is 0 Å². The maximum absolute atomic E-state index is 5.69. The van der Waals surface area contributed by atoms with Crippen LogP contribution in [0.3, 0.4) is 0 Å². The minimum atomic E-state index is -0.0130. The molecule has 0 bridgehead atoms. The fourth-order valence-corrected chi connectivity index (χ4v) is 2.67. The van der Waals surface area contributed by atoms with E-state index in [0.717, 1.165) is 23.4 Å². The fraction of sp³-hybridized carbons (Fsp3) is 0.357. The zero-order chi connectivity index (χ0) is 13.7. The summed E-state index contributed by atoms with van der Waals surface area (Å²) in [7, 11) is 0. The molecule has 0 saturated heterocycles. The second-order valence-corrected chi connectivity index (χ2v) is 5.57. The van der Waals surface area contributed by atoms with Gasteiger partial charge in [0.1, 0.15) is 0 Å². The molecule has 0 spiro atoms. The van der Waals surface area contributed by atoms with Gasteiger partial charge in [-0.05, 0) is 30.4 Å². The normalized spacial score (nSPS) is 12.6. The summed E-state index contributed by atoms with van der Waals surface area (Å²) in [6.45, 7) is 5.09. The van der Waals surface area contributed by atoms with E-state index >= 15 is 0 Å². The molecule has 0 aliphatic carbocycles. The summed E-state index contributed by atoms with van der Waals surface area (Å²) in [5.41, 5.74) is 5.10. The minimum absolute atomic E-state index is 0.0130. The first-order valence-corrected chi connectivity index (χ1v) is 7.48. The molecule has 5 heteroatoms. The van der Waals surface area contributed by atoms with Gasteiger partial charge in [-0.3, -0.25) is 10.5 Å². The lowest BCUT2D eigenvalue weighted by atomic mass is 10.0. The van der Waals surface area contributed by atoms with E-state index in [2.05, 4.69) is 48.6 Å². The molecule has 102 valence electrons. The summed E-state index contributed by atoms with van der Waals surface area (Å²) in [6.07, 6.45) is 3.89. The van der Waals surface area contributed by atoms with E-state index in [1.54, 1.807) is 0 Å². The number of benzene rings is 1. The Bertz CT molecular complexity index is 506. The molecule has 0 aliphatic rings. The summed E-state index contributed by atoms with van der Waals surface area (Å²) >= 11 is 1.84. The highest BCUT2D eigenvalue weighted by Crippen LogP contribution is 2.24. The molecule has 0 fully saturated rings. The molecule has 1 aromatic carbocycles. The Morgan fingerprint density at radius 3 is 2.53 bits per heavy atom. The van der Waals surface area contributed by atoms with Gasteiger partial charge in [0.25, 0.3) is 0 Å². The molecule has 1 unspecified atom stereocenters. The second-order valence-electron chi connectivity index (χ2n) is 4.23. The predicted octanol–water partition coefficient (Wildman–Crippen LogP) is 2.57. The SMILES string of the molecule is CCSc1ccc(C(NN)c2cnn(CC)c2)cc1. The molecule has 0 amide bonds. The number of nitrogens with two attached hydrogens (primary N) is 1. The van der Waals surface area contributed by atoms with Crippen LogP contribution >= 0.6 is 11.8 Å². The molecule has 4 nitrogen and oxygen atoms in total. The van der Waals surface area contributed by atoms with Gasteiger partial charge in [0.05, 0.1) is 12.2 Å². The molecule has 1 heterocycles. The van der Waals surface area contributed by atoms with E-state index < -0.39 is 0 Å². The number of hydrogen-bond acceptors (Lipinski definition) is 4. The smallest absolute Gasteiger partial charge is 0.0740 e. The highest BCUT2D eigenvalue weighted by atomic mass is 32.2. The summed E-state index contributed by atoms with van der Waals surface area (Å²) in [5.74, 6) is 6.78. The third kappa shape index (κ3) is 3.37. The largest absolute Gasteiger partial charge is 0.273 e. The summed E-state index contributed by atoms with van der Waals surface area (Å²) in [6, 6.07) is 8.49. The predicted molar refractivity (Wildman–Crippen MR) is 79.9 cm³/mol. The minimum Gasteiger partial charge on any atom is -0.273 e. The van der Waals surface area contributed by atoms with Crippen molar-refractivity contribution in [2.24, 2.45) is 5.84 Å². The van der Waals surface area contributed by atoms with E-state index in [1.807, 2.05) is 28.8 Å².